The van der Waals surface area contributed by atoms with Crippen molar-refractivity contribution in [2.24, 2.45) is 5.92 Å². The number of ether oxygens (including phenoxy) is 1. The lowest BCUT2D eigenvalue weighted by molar-refractivity contribution is -0.126. The van der Waals surface area contributed by atoms with Crippen molar-refractivity contribution in [1.82, 2.24) is 15.5 Å². The second-order valence-corrected chi connectivity index (χ2v) is 6.43. The molecule has 0 unspecified atom stereocenters. The van der Waals surface area contributed by atoms with Crippen molar-refractivity contribution in [1.29, 1.82) is 0 Å². The van der Waals surface area contributed by atoms with Crippen LogP contribution in [0.2, 0.25) is 5.02 Å². The van der Waals surface area contributed by atoms with Crippen LogP contribution in [0.1, 0.15) is 36.1 Å². The molecule has 1 fully saturated rings. The first kappa shape index (κ1) is 14.5. The summed E-state index contributed by atoms with van der Waals surface area (Å²) in [6.45, 7) is 0.606. The largest absolute Gasteiger partial charge is 0.492 e. The zero-order valence-electron chi connectivity index (χ0n) is 12.4. The number of carbonyl (C=O) groups excluding carboxylic acids is 1. The third kappa shape index (κ3) is 3.17. The van der Waals surface area contributed by atoms with E-state index in [1.807, 2.05) is 12.1 Å². The van der Waals surface area contributed by atoms with Crippen molar-refractivity contribution in [2.75, 3.05) is 6.61 Å². The molecule has 4 rings (SSSR count). The fourth-order valence-electron chi connectivity index (χ4n) is 2.67. The number of carbonyl (C=O) groups is 1. The number of hydrogen-bond acceptors (Lipinski definition) is 5. The molecule has 2 aliphatic rings. The predicted octanol–water partition coefficient (Wildman–Crippen LogP) is 2.47. The van der Waals surface area contributed by atoms with Gasteiger partial charge in [0.1, 0.15) is 12.4 Å². The summed E-state index contributed by atoms with van der Waals surface area (Å²) in [5.41, 5.74) is 0.956. The van der Waals surface area contributed by atoms with Gasteiger partial charge in [0.2, 0.25) is 17.7 Å². The molecule has 1 atom stereocenters. The van der Waals surface area contributed by atoms with E-state index < -0.39 is 0 Å². The Morgan fingerprint density at radius 2 is 2.22 bits per heavy atom. The maximum atomic E-state index is 12.3. The molecule has 0 saturated heterocycles. The van der Waals surface area contributed by atoms with E-state index in [9.17, 15) is 4.79 Å². The standard InChI is InChI=1S/C16H16ClN3O3/c17-12-3-4-13-10(6-12)5-11(8-22-13)15(21)18-7-14-19-20-16(23-14)9-1-2-9/h3-4,6,9,11H,1-2,5,7-8H2,(H,18,21)/t11-/m1/s1. The molecule has 1 saturated carbocycles. The van der Waals surface area contributed by atoms with Crippen molar-refractivity contribution < 1.29 is 13.9 Å². The molecule has 2 heterocycles. The van der Waals surface area contributed by atoms with Gasteiger partial charge in [-0.25, -0.2) is 0 Å². The van der Waals surface area contributed by atoms with Gasteiger partial charge in [0.25, 0.3) is 0 Å². The number of aromatic nitrogens is 2. The van der Waals surface area contributed by atoms with Gasteiger partial charge in [-0.1, -0.05) is 11.6 Å². The van der Waals surface area contributed by atoms with E-state index in [-0.39, 0.29) is 18.4 Å². The molecule has 1 amide bonds. The van der Waals surface area contributed by atoms with Crippen LogP contribution in [0.15, 0.2) is 22.6 Å². The van der Waals surface area contributed by atoms with Crippen molar-refractivity contribution in [3.63, 3.8) is 0 Å². The van der Waals surface area contributed by atoms with Crippen molar-refractivity contribution in [2.45, 2.75) is 31.7 Å². The van der Waals surface area contributed by atoms with Crippen LogP contribution >= 0.6 is 11.6 Å². The molecule has 0 spiro atoms. The Balaban J connectivity index is 1.35. The Morgan fingerprint density at radius 1 is 1.35 bits per heavy atom. The fourth-order valence-corrected chi connectivity index (χ4v) is 2.87. The van der Waals surface area contributed by atoms with Gasteiger partial charge in [-0.2, -0.15) is 0 Å². The van der Waals surface area contributed by atoms with Gasteiger partial charge < -0.3 is 14.5 Å². The number of rotatable bonds is 4. The first-order valence-electron chi connectivity index (χ1n) is 7.70. The summed E-state index contributed by atoms with van der Waals surface area (Å²) in [6.07, 6.45) is 2.82. The molecule has 0 bridgehead atoms. The maximum absolute atomic E-state index is 12.3. The second-order valence-electron chi connectivity index (χ2n) is 5.99. The normalized spacial score (nSPS) is 19.8. The Labute approximate surface area is 138 Å². The summed E-state index contributed by atoms with van der Waals surface area (Å²) < 4.78 is 11.2. The van der Waals surface area contributed by atoms with E-state index in [1.165, 1.54) is 0 Å². The predicted molar refractivity (Wildman–Crippen MR) is 82.3 cm³/mol. The van der Waals surface area contributed by atoms with Crippen LogP contribution in [-0.2, 0) is 17.8 Å². The number of nitrogens with zero attached hydrogens (tertiary/aromatic N) is 2. The molecular weight excluding hydrogens is 318 g/mol. The van der Waals surface area contributed by atoms with E-state index in [0.29, 0.717) is 35.7 Å². The lowest BCUT2D eigenvalue weighted by atomic mass is 9.96. The van der Waals surface area contributed by atoms with E-state index in [4.69, 9.17) is 20.8 Å². The van der Waals surface area contributed by atoms with Crippen LogP contribution in [0.25, 0.3) is 0 Å². The molecule has 1 N–H and O–H groups in total. The highest BCUT2D eigenvalue weighted by Gasteiger charge is 2.30. The van der Waals surface area contributed by atoms with Crippen LogP contribution in [0, 0.1) is 5.92 Å². The van der Waals surface area contributed by atoms with Crippen LogP contribution in [0.5, 0.6) is 5.75 Å². The van der Waals surface area contributed by atoms with Crippen molar-refractivity contribution in [3.8, 4) is 5.75 Å². The van der Waals surface area contributed by atoms with Gasteiger partial charge in [-0.05, 0) is 43.0 Å². The lowest BCUT2D eigenvalue weighted by Gasteiger charge is -2.24. The Morgan fingerprint density at radius 3 is 3.04 bits per heavy atom. The third-order valence-electron chi connectivity index (χ3n) is 4.12. The summed E-state index contributed by atoms with van der Waals surface area (Å²) in [4.78, 5) is 12.3. The quantitative estimate of drug-likeness (QED) is 0.930. The first-order chi connectivity index (χ1) is 11.2. The SMILES string of the molecule is O=C(NCc1nnc(C2CC2)o1)[C@H]1COc2ccc(Cl)cc2C1. The molecule has 1 aliphatic carbocycles. The summed E-state index contributed by atoms with van der Waals surface area (Å²) >= 11 is 5.99. The van der Waals surface area contributed by atoms with Crippen LogP contribution in [-0.4, -0.2) is 22.7 Å². The summed E-state index contributed by atoms with van der Waals surface area (Å²) in [5, 5.41) is 11.4. The van der Waals surface area contributed by atoms with Crippen LogP contribution in [0.3, 0.4) is 0 Å². The summed E-state index contributed by atoms with van der Waals surface area (Å²) in [7, 11) is 0. The van der Waals surface area contributed by atoms with Crippen molar-refractivity contribution in [3.05, 3.63) is 40.6 Å². The van der Waals surface area contributed by atoms with E-state index in [1.54, 1.807) is 6.07 Å². The average Bonchev–Trinajstić information content (AvgIpc) is 3.30. The highest BCUT2D eigenvalue weighted by molar-refractivity contribution is 6.30. The summed E-state index contributed by atoms with van der Waals surface area (Å²) in [5.74, 6) is 2.01. The Hall–Kier alpha value is -2.08. The van der Waals surface area contributed by atoms with E-state index in [0.717, 1.165) is 24.2 Å². The Bertz CT molecular complexity index is 742. The molecule has 1 aliphatic heterocycles. The molecule has 1 aromatic carbocycles. The van der Waals surface area contributed by atoms with Gasteiger partial charge in [0.15, 0.2) is 0 Å². The number of fused-ring (bicyclic) bond motifs is 1. The number of halogens is 1. The van der Waals surface area contributed by atoms with Gasteiger partial charge in [-0.15, -0.1) is 10.2 Å². The number of hydrogen-bond donors (Lipinski definition) is 1. The number of amides is 1. The van der Waals surface area contributed by atoms with Gasteiger partial charge in [-0.3, -0.25) is 4.79 Å². The van der Waals surface area contributed by atoms with Gasteiger partial charge >= 0.3 is 0 Å². The second kappa shape index (κ2) is 5.85. The molecule has 1 aromatic heterocycles. The van der Waals surface area contributed by atoms with Gasteiger partial charge in [0.05, 0.1) is 12.5 Å². The minimum atomic E-state index is -0.244. The molecule has 0 radical (unpaired) electrons. The van der Waals surface area contributed by atoms with Crippen LogP contribution in [0.4, 0.5) is 0 Å². The minimum Gasteiger partial charge on any atom is -0.492 e. The lowest BCUT2D eigenvalue weighted by Crippen LogP contribution is -2.37. The third-order valence-corrected chi connectivity index (χ3v) is 4.36. The first-order valence-corrected chi connectivity index (χ1v) is 8.08. The smallest absolute Gasteiger partial charge is 0.235 e. The maximum Gasteiger partial charge on any atom is 0.235 e. The molecule has 2 aromatic rings. The molecular formula is C16H16ClN3O3. The number of benzene rings is 1. The summed E-state index contributed by atoms with van der Waals surface area (Å²) in [6, 6.07) is 5.47. The number of nitrogens with one attached hydrogen (secondary N) is 1. The van der Waals surface area contributed by atoms with E-state index >= 15 is 0 Å². The highest BCUT2D eigenvalue weighted by Crippen LogP contribution is 2.39. The molecule has 6 nitrogen and oxygen atoms in total. The van der Waals surface area contributed by atoms with Gasteiger partial charge in [0, 0.05) is 10.9 Å². The molecule has 23 heavy (non-hydrogen) atoms. The van der Waals surface area contributed by atoms with E-state index in [2.05, 4.69) is 15.5 Å². The average molecular weight is 334 g/mol. The fraction of sp³-hybridized carbons (Fsp3) is 0.438. The van der Waals surface area contributed by atoms with Crippen molar-refractivity contribution >= 4 is 17.5 Å². The minimum absolute atomic E-state index is 0.0817. The monoisotopic (exact) mass is 333 g/mol. The Kier molecular flexibility index (Phi) is 3.69. The molecule has 120 valence electrons. The zero-order chi connectivity index (χ0) is 15.8. The van der Waals surface area contributed by atoms with Crippen LogP contribution < -0.4 is 10.1 Å². The zero-order valence-corrected chi connectivity index (χ0v) is 13.2. The molecule has 7 heteroatoms. The topological polar surface area (TPSA) is 77.3 Å². The highest BCUT2D eigenvalue weighted by atomic mass is 35.5.